The number of carbonyl (C=O) groups excluding carboxylic acids is 1. The normalized spacial score (nSPS) is 11.8. The van der Waals surface area contributed by atoms with Crippen molar-refractivity contribution in [3.63, 3.8) is 0 Å². The molecule has 0 aliphatic heterocycles. The highest BCUT2D eigenvalue weighted by Gasteiger charge is 2.16. The number of phenols is 1. The molecule has 0 amide bonds. The van der Waals surface area contributed by atoms with Gasteiger partial charge in [-0.25, -0.2) is 4.79 Å². The lowest BCUT2D eigenvalue weighted by Crippen LogP contribution is -2.09. The van der Waals surface area contributed by atoms with Crippen LogP contribution in [0.3, 0.4) is 0 Å². The van der Waals surface area contributed by atoms with E-state index in [0.29, 0.717) is 5.69 Å². The van der Waals surface area contributed by atoms with E-state index in [0.717, 1.165) is 5.56 Å². The van der Waals surface area contributed by atoms with Gasteiger partial charge in [0, 0.05) is 11.8 Å². The van der Waals surface area contributed by atoms with Crippen LogP contribution in [0, 0.1) is 0 Å². The molecule has 0 saturated heterocycles. The summed E-state index contributed by atoms with van der Waals surface area (Å²) in [5, 5.41) is 9.66. The van der Waals surface area contributed by atoms with Crippen molar-refractivity contribution in [2.45, 2.75) is 13.0 Å². The number of ether oxygens (including phenoxy) is 1. The molecule has 0 aromatic heterocycles. The molecule has 1 atom stereocenters. The third-order valence-electron chi connectivity index (χ3n) is 2.79. The minimum Gasteiger partial charge on any atom is -0.507 e. The highest BCUT2D eigenvalue weighted by Crippen LogP contribution is 2.24. The number of aromatic hydroxyl groups is 1. The number of nitrogens with two attached hydrogens (primary N) is 1. The van der Waals surface area contributed by atoms with E-state index >= 15 is 0 Å². The zero-order valence-corrected chi connectivity index (χ0v) is 10.5. The van der Waals surface area contributed by atoms with E-state index in [1.807, 2.05) is 30.3 Å². The Hall–Kier alpha value is -2.49. The monoisotopic (exact) mass is 257 g/mol. The van der Waals surface area contributed by atoms with Gasteiger partial charge in [-0.1, -0.05) is 30.3 Å². The molecule has 2 aromatic rings. The summed E-state index contributed by atoms with van der Waals surface area (Å²) >= 11 is 0. The molecular formula is C15H15NO3. The molecule has 0 radical (unpaired) electrons. The van der Waals surface area contributed by atoms with Gasteiger partial charge in [-0.15, -0.1) is 0 Å². The first-order valence-electron chi connectivity index (χ1n) is 5.92. The van der Waals surface area contributed by atoms with Crippen molar-refractivity contribution >= 4 is 11.7 Å². The fourth-order valence-corrected chi connectivity index (χ4v) is 1.74. The second-order valence-corrected chi connectivity index (χ2v) is 4.23. The number of phenolic OH excluding ortho intramolecular Hbond substituents is 1. The van der Waals surface area contributed by atoms with Gasteiger partial charge < -0.3 is 15.6 Å². The predicted molar refractivity (Wildman–Crippen MR) is 72.8 cm³/mol. The SMILES string of the molecule is CC(OC(=O)c1ccc(N)cc1O)c1ccccc1. The van der Waals surface area contributed by atoms with Crippen molar-refractivity contribution in [3.05, 3.63) is 59.7 Å². The molecule has 0 aliphatic rings. The molecule has 0 heterocycles. The van der Waals surface area contributed by atoms with E-state index in [-0.39, 0.29) is 17.4 Å². The van der Waals surface area contributed by atoms with Crippen LogP contribution < -0.4 is 5.73 Å². The van der Waals surface area contributed by atoms with Crippen LogP contribution in [-0.2, 0) is 4.74 Å². The van der Waals surface area contributed by atoms with E-state index in [1.165, 1.54) is 12.1 Å². The molecule has 0 bridgehead atoms. The lowest BCUT2D eigenvalue weighted by Gasteiger charge is -2.14. The Morgan fingerprint density at radius 3 is 2.53 bits per heavy atom. The standard InChI is InChI=1S/C15H15NO3/c1-10(11-5-3-2-4-6-11)19-15(18)13-8-7-12(16)9-14(13)17/h2-10,17H,16H2,1H3. The molecule has 0 spiro atoms. The highest BCUT2D eigenvalue weighted by atomic mass is 16.5. The number of hydrogen-bond donors (Lipinski definition) is 2. The van der Waals surface area contributed by atoms with Crippen molar-refractivity contribution in [1.82, 2.24) is 0 Å². The van der Waals surface area contributed by atoms with Crippen molar-refractivity contribution in [2.75, 3.05) is 5.73 Å². The van der Waals surface area contributed by atoms with Gasteiger partial charge in [0.05, 0.1) is 0 Å². The summed E-state index contributed by atoms with van der Waals surface area (Å²) in [5.41, 5.74) is 6.90. The van der Waals surface area contributed by atoms with Gasteiger partial charge in [-0.2, -0.15) is 0 Å². The molecule has 0 fully saturated rings. The molecule has 0 saturated carbocycles. The third-order valence-corrected chi connectivity index (χ3v) is 2.79. The first kappa shape index (κ1) is 13.0. The fraction of sp³-hybridized carbons (Fsp3) is 0.133. The number of anilines is 1. The van der Waals surface area contributed by atoms with E-state index in [1.54, 1.807) is 13.0 Å². The molecule has 3 N–H and O–H groups in total. The lowest BCUT2D eigenvalue weighted by molar-refractivity contribution is 0.0335. The van der Waals surface area contributed by atoms with E-state index in [4.69, 9.17) is 10.5 Å². The molecule has 19 heavy (non-hydrogen) atoms. The molecule has 4 nitrogen and oxygen atoms in total. The van der Waals surface area contributed by atoms with E-state index in [9.17, 15) is 9.90 Å². The van der Waals surface area contributed by atoms with Crippen molar-refractivity contribution in [1.29, 1.82) is 0 Å². The quantitative estimate of drug-likeness (QED) is 0.655. The largest absolute Gasteiger partial charge is 0.507 e. The van der Waals surface area contributed by atoms with E-state index < -0.39 is 5.97 Å². The summed E-state index contributed by atoms with van der Waals surface area (Å²) in [6.07, 6.45) is -0.384. The molecule has 1 unspecified atom stereocenters. The van der Waals surface area contributed by atoms with Crippen LogP contribution >= 0.6 is 0 Å². The Balaban J connectivity index is 2.13. The molecule has 98 valence electrons. The Kier molecular flexibility index (Phi) is 3.71. The van der Waals surface area contributed by atoms with Crippen LogP contribution in [0.4, 0.5) is 5.69 Å². The number of esters is 1. The first-order valence-corrected chi connectivity index (χ1v) is 5.92. The predicted octanol–water partition coefficient (Wildman–Crippen LogP) is 2.89. The smallest absolute Gasteiger partial charge is 0.342 e. The average molecular weight is 257 g/mol. The maximum atomic E-state index is 11.9. The van der Waals surface area contributed by atoms with Crippen LogP contribution in [-0.4, -0.2) is 11.1 Å². The first-order chi connectivity index (χ1) is 9.08. The van der Waals surface area contributed by atoms with Crippen LogP contribution in [0.25, 0.3) is 0 Å². The Morgan fingerprint density at radius 2 is 1.89 bits per heavy atom. The maximum absolute atomic E-state index is 11.9. The minimum atomic E-state index is -0.575. The van der Waals surface area contributed by atoms with Gasteiger partial charge in [0.25, 0.3) is 0 Å². The summed E-state index contributed by atoms with van der Waals surface area (Å²) in [7, 11) is 0. The Bertz CT molecular complexity index is 581. The molecule has 2 aromatic carbocycles. The topological polar surface area (TPSA) is 72.5 Å². The second-order valence-electron chi connectivity index (χ2n) is 4.23. The van der Waals surface area contributed by atoms with Crippen LogP contribution in [0.5, 0.6) is 5.75 Å². The van der Waals surface area contributed by atoms with Gasteiger partial charge in [0.1, 0.15) is 17.4 Å². The van der Waals surface area contributed by atoms with Gasteiger partial charge in [0.2, 0.25) is 0 Å². The number of carbonyl (C=O) groups is 1. The summed E-state index contributed by atoms with van der Waals surface area (Å²) in [4.78, 5) is 11.9. The van der Waals surface area contributed by atoms with Gasteiger partial charge in [0.15, 0.2) is 0 Å². The number of rotatable bonds is 3. The van der Waals surface area contributed by atoms with E-state index in [2.05, 4.69) is 0 Å². The summed E-state index contributed by atoms with van der Waals surface area (Å²) < 4.78 is 5.30. The molecule has 4 heteroatoms. The highest BCUT2D eigenvalue weighted by molar-refractivity contribution is 5.93. The molecule has 2 rings (SSSR count). The third kappa shape index (κ3) is 3.04. The van der Waals surface area contributed by atoms with Crippen LogP contribution in [0.2, 0.25) is 0 Å². The number of hydrogen-bond acceptors (Lipinski definition) is 4. The maximum Gasteiger partial charge on any atom is 0.342 e. The summed E-state index contributed by atoms with van der Waals surface area (Å²) in [6.45, 7) is 1.78. The van der Waals surface area contributed by atoms with Crippen molar-refractivity contribution in [3.8, 4) is 5.75 Å². The van der Waals surface area contributed by atoms with Crippen molar-refractivity contribution in [2.24, 2.45) is 0 Å². The van der Waals surface area contributed by atoms with Crippen molar-refractivity contribution < 1.29 is 14.6 Å². The average Bonchev–Trinajstić information content (AvgIpc) is 2.39. The molecular weight excluding hydrogens is 242 g/mol. The fourth-order valence-electron chi connectivity index (χ4n) is 1.74. The Labute approximate surface area is 111 Å². The number of benzene rings is 2. The zero-order chi connectivity index (χ0) is 13.8. The van der Waals surface area contributed by atoms with Crippen LogP contribution in [0.1, 0.15) is 28.9 Å². The minimum absolute atomic E-state index is 0.108. The van der Waals surface area contributed by atoms with Gasteiger partial charge in [-0.05, 0) is 24.6 Å². The Morgan fingerprint density at radius 1 is 1.21 bits per heavy atom. The second kappa shape index (κ2) is 5.44. The number of nitrogen functional groups attached to an aromatic ring is 1. The van der Waals surface area contributed by atoms with Gasteiger partial charge >= 0.3 is 5.97 Å². The zero-order valence-electron chi connectivity index (χ0n) is 10.5. The summed E-state index contributed by atoms with van der Waals surface area (Å²) in [6, 6.07) is 13.7. The molecule has 0 aliphatic carbocycles. The van der Waals surface area contributed by atoms with Gasteiger partial charge in [-0.3, -0.25) is 0 Å². The summed E-state index contributed by atoms with van der Waals surface area (Å²) in [5.74, 6) is -0.751. The van der Waals surface area contributed by atoms with Crippen LogP contribution in [0.15, 0.2) is 48.5 Å². The lowest BCUT2D eigenvalue weighted by atomic mass is 10.1.